The van der Waals surface area contributed by atoms with E-state index >= 15 is 0 Å². The third-order valence-corrected chi connectivity index (χ3v) is 3.24. The topological polar surface area (TPSA) is 93.8 Å². The van der Waals surface area contributed by atoms with Crippen LogP contribution in [0, 0.1) is 0 Å². The van der Waals surface area contributed by atoms with E-state index in [2.05, 4.69) is 20.5 Å². The third-order valence-electron chi connectivity index (χ3n) is 1.72. The Morgan fingerprint density at radius 3 is 2.94 bits per heavy atom. The van der Waals surface area contributed by atoms with Gasteiger partial charge in [-0.25, -0.2) is 4.98 Å². The summed E-state index contributed by atoms with van der Waals surface area (Å²) in [5.74, 6) is -0.267. The lowest BCUT2D eigenvalue weighted by Gasteiger charge is -1.95. The highest BCUT2D eigenvalue weighted by atomic mass is 35.5. The van der Waals surface area contributed by atoms with Crippen molar-refractivity contribution in [3.63, 3.8) is 0 Å². The first kappa shape index (κ1) is 14.0. The molecule has 2 rings (SSSR count). The van der Waals surface area contributed by atoms with Gasteiger partial charge in [-0.05, 0) is 6.54 Å². The first-order chi connectivity index (χ1) is 7.79. The molecule has 0 spiro atoms. The van der Waals surface area contributed by atoms with Gasteiger partial charge in [0.2, 0.25) is 5.13 Å². The summed E-state index contributed by atoms with van der Waals surface area (Å²) in [7, 11) is 0. The van der Waals surface area contributed by atoms with Crippen molar-refractivity contribution in [1.82, 2.24) is 15.2 Å². The van der Waals surface area contributed by atoms with Gasteiger partial charge in [-0.3, -0.25) is 10.1 Å². The number of nitrogens with zero attached hydrogens (tertiary/aromatic N) is 3. The van der Waals surface area contributed by atoms with Crippen LogP contribution in [0.3, 0.4) is 0 Å². The van der Waals surface area contributed by atoms with Crippen LogP contribution in [0.5, 0.6) is 0 Å². The predicted molar refractivity (Wildman–Crippen MR) is 70.0 cm³/mol. The Balaban J connectivity index is 0.00000144. The van der Waals surface area contributed by atoms with Gasteiger partial charge in [-0.15, -0.1) is 33.9 Å². The molecule has 0 saturated carbocycles. The van der Waals surface area contributed by atoms with Crippen LogP contribution in [-0.2, 0) is 6.42 Å². The number of nitrogens with two attached hydrogens (primary N) is 1. The molecule has 0 atom stereocenters. The molecule has 0 fully saturated rings. The number of halogens is 1. The number of thiazole rings is 1. The number of rotatable bonds is 4. The van der Waals surface area contributed by atoms with E-state index in [9.17, 15) is 4.79 Å². The largest absolute Gasteiger partial charge is 0.330 e. The first-order valence-electron chi connectivity index (χ1n) is 4.51. The number of carbonyl (C=O) groups excluding carboxylic acids is 1. The van der Waals surface area contributed by atoms with Gasteiger partial charge in [0.25, 0.3) is 5.91 Å². The lowest BCUT2D eigenvalue weighted by Crippen LogP contribution is -2.12. The van der Waals surface area contributed by atoms with Gasteiger partial charge < -0.3 is 5.73 Å². The zero-order chi connectivity index (χ0) is 11.4. The summed E-state index contributed by atoms with van der Waals surface area (Å²) < 4.78 is 0. The number of amides is 1. The highest BCUT2D eigenvalue weighted by molar-refractivity contribution is 7.13. The Bertz CT molecular complexity index is 472. The number of anilines is 1. The monoisotopic (exact) mass is 291 g/mol. The minimum Gasteiger partial charge on any atom is -0.330 e. The Labute approximate surface area is 112 Å². The minimum atomic E-state index is -0.267. The molecule has 0 aliphatic carbocycles. The highest BCUT2D eigenvalue weighted by Gasteiger charge is 2.11. The molecule has 0 bridgehead atoms. The Morgan fingerprint density at radius 2 is 2.29 bits per heavy atom. The maximum absolute atomic E-state index is 11.7. The van der Waals surface area contributed by atoms with Crippen molar-refractivity contribution >= 4 is 46.1 Å². The van der Waals surface area contributed by atoms with Gasteiger partial charge in [0.1, 0.15) is 11.2 Å². The lowest BCUT2D eigenvalue weighted by molar-refractivity contribution is 0.102. The molecule has 0 unspecified atom stereocenters. The molecule has 17 heavy (non-hydrogen) atoms. The van der Waals surface area contributed by atoms with Crippen LogP contribution in [-0.4, -0.2) is 27.6 Å². The van der Waals surface area contributed by atoms with Crippen LogP contribution >= 0.6 is 35.1 Å². The molecular formula is C8H10ClN5OS2. The SMILES string of the molecule is Cl.NCCc1nc(C(=O)Nc2nncs2)cs1. The fourth-order valence-electron chi connectivity index (χ4n) is 1.04. The van der Waals surface area contributed by atoms with Crippen molar-refractivity contribution in [1.29, 1.82) is 0 Å². The second-order valence-electron chi connectivity index (χ2n) is 2.86. The summed E-state index contributed by atoms with van der Waals surface area (Å²) in [6.45, 7) is 0.533. The molecule has 6 nitrogen and oxygen atoms in total. The molecule has 2 aromatic heterocycles. The zero-order valence-electron chi connectivity index (χ0n) is 8.62. The molecule has 0 saturated heterocycles. The molecule has 2 aromatic rings. The maximum Gasteiger partial charge on any atom is 0.276 e. The molecule has 0 aliphatic heterocycles. The Morgan fingerprint density at radius 1 is 1.47 bits per heavy atom. The standard InChI is InChI=1S/C8H9N5OS2.ClH/c9-2-1-6-11-5(3-15-6)7(14)12-8-13-10-4-16-8;/h3-4H,1-2,9H2,(H,12,13,14);1H. The molecule has 9 heteroatoms. The van der Waals surface area contributed by atoms with Gasteiger partial charge in [-0.1, -0.05) is 11.3 Å². The van der Waals surface area contributed by atoms with Gasteiger partial charge in [-0.2, -0.15) is 0 Å². The first-order valence-corrected chi connectivity index (χ1v) is 6.27. The predicted octanol–water partition coefficient (Wildman–Crippen LogP) is 1.17. The van der Waals surface area contributed by atoms with Crippen LogP contribution in [0.2, 0.25) is 0 Å². The molecule has 3 N–H and O–H groups in total. The van der Waals surface area contributed by atoms with Crippen LogP contribution in [0.25, 0.3) is 0 Å². The van der Waals surface area contributed by atoms with Gasteiger partial charge >= 0.3 is 0 Å². The van der Waals surface area contributed by atoms with Crippen molar-refractivity contribution in [2.24, 2.45) is 5.73 Å². The van der Waals surface area contributed by atoms with E-state index in [4.69, 9.17) is 5.73 Å². The number of hydrogen-bond acceptors (Lipinski definition) is 7. The molecule has 2 heterocycles. The summed E-state index contributed by atoms with van der Waals surface area (Å²) in [4.78, 5) is 15.8. The van der Waals surface area contributed by atoms with E-state index in [1.807, 2.05) is 0 Å². The smallest absolute Gasteiger partial charge is 0.276 e. The van der Waals surface area contributed by atoms with E-state index in [-0.39, 0.29) is 18.3 Å². The second-order valence-corrected chi connectivity index (χ2v) is 4.64. The molecule has 0 aromatic carbocycles. The maximum atomic E-state index is 11.7. The van der Waals surface area contributed by atoms with Crippen LogP contribution in [0.15, 0.2) is 10.9 Å². The van der Waals surface area contributed by atoms with E-state index in [0.29, 0.717) is 23.8 Å². The number of aromatic nitrogens is 3. The van der Waals surface area contributed by atoms with Gasteiger partial charge in [0, 0.05) is 11.8 Å². The van der Waals surface area contributed by atoms with Crippen molar-refractivity contribution in [2.75, 3.05) is 11.9 Å². The third kappa shape index (κ3) is 3.70. The van der Waals surface area contributed by atoms with E-state index < -0.39 is 0 Å². The number of nitrogens with one attached hydrogen (secondary N) is 1. The lowest BCUT2D eigenvalue weighted by atomic mass is 10.4. The molecule has 92 valence electrons. The molecule has 0 aliphatic rings. The van der Waals surface area contributed by atoms with Crippen LogP contribution in [0.4, 0.5) is 5.13 Å². The van der Waals surface area contributed by atoms with E-state index in [1.54, 1.807) is 10.9 Å². The summed E-state index contributed by atoms with van der Waals surface area (Å²) >= 11 is 2.69. The molecular weight excluding hydrogens is 282 g/mol. The summed E-state index contributed by atoms with van der Waals surface area (Å²) in [5, 5.41) is 13.0. The fraction of sp³-hybridized carbons (Fsp3) is 0.250. The molecule has 1 amide bonds. The van der Waals surface area contributed by atoms with Crippen molar-refractivity contribution < 1.29 is 4.79 Å². The molecule has 0 radical (unpaired) electrons. The highest BCUT2D eigenvalue weighted by Crippen LogP contribution is 2.13. The summed E-state index contributed by atoms with van der Waals surface area (Å²) in [6, 6.07) is 0. The minimum absolute atomic E-state index is 0. The Hall–Kier alpha value is -1.09. The summed E-state index contributed by atoms with van der Waals surface area (Å²) in [6.07, 6.45) is 0.691. The van der Waals surface area contributed by atoms with Gasteiger partial charge in [0.15, 0.2) is 0 Å². The van der Waals surface area contributed by atoms with Crippen LogP contribution in [0.1, 0.15) is 15.5 Å². The Kier molecular flexibility index (Phi) is 5.42. The summed E-state index contributed by atoms with van der Waals surface area (Å²) in [5.41, 5.74) is 7.35. The zero-order valence-corrected chi connectivity index (χ0v) is 11.1. The van der Waals surface area contributed by atoms with Gasteiger partial charge in [0.05, 0.1) is 5.01 Å². The number of hydrogen-bond donors (Lipinski definition) is 2. The van der Waals surface area contributed by atoms with Crippen molar-refractivity contribution in [3.8, 4) is 0 Å². The fourth-order valence-corrected chi connectivity index (χ4v) is 2.28. The quantitative estimate of drug-likeness (QED) is 0.882. The van der Waals surface area contributed by atoms with E-state index in [1.165, 1.54) is 22.7 Å². The number of carbonyl (C=O) groups is 1. The average molecular weight is 292 g/mol. The average Bonchev–Trinajstić information content (AvgIpc) is 2.89. The van der Waals surface area contributed by atoms with Crippen LogP contribution < -0.4 is 11.1 Å². The van der Waals surface area contributed by atoms with Crippen molar-refractivity contribution in [2.45, 2.75) is 6.42 Å². The normalized spacial score (nSPS) is 9.71. The second kappa shape index (κ2) is 6.60. The van der Waals surface area contributed by atoms with E-state index in [0.717, 1.165) is 5.01 Å². The van der Waals surface area contributed by atoms with Crippen molar-refractivity contribution in [3.05, 3.63) is 21.6 Å².